The van der Waals surface area contributed by atoms with Gasteiger partial charge in [-0.05, 0) is 30.0 Å². The van der Waals surface area contributed by atoms with Crippen LogP contribution in [0.1, 0.15) is 36.8 Å². The van der Waals surface area contributed by atoms with Crippen LogP contribution in [0.5, 0.6) is 5.75 Å². The lowest BCUT2D eigenvalue weighted by Crippen LogP contribution is -2.36. The Balaban J connectivity index is 1.02. The number of unbranched alkanes of at least 4 members (excludes halogenated alkanes) is 1. The first-order valence-electron chi connectivity index (χ1n) is 13.6. The van der Waals surface area contributed by atoms with E-state index in [9.17, 15) is 22.8 Å². The standard InChI is InChI=1S/C25H33F3N8O5S/c26-25(27,28)24(34-35-24)17-6-5-16(14-31-36-29)19(13-17)41-12-11-40-10-9-39-8-7-30-21(37)4-2-1-3-20-22-18(15-42-20)32-23(38)33-22/h5-6,13,18,20,22H,1-4,7-12,14-15H2,(H,30,37)(H2,32,33,38)/t18-,20-,22-/m0/s1. The average molecular weight is 615 g/mol. The first-order chi connectivity index (χ1) is 20.2. The maximum atomic E-state index is 13.4. The molecule has 2 saturated heterocycles. The minimum Gasteiger partial charge on any atom is -0.491 e. The number of carbonyl (C=O) groups excluding carboxylic acids is 2. The van der Waals surface area contributed by atoms with E-state index in [1.165, 1.54) is 18.2 Å². The van der Waals surface area contributed by atoms with Gasteiger partial charge in [-0.3, -0.25) is 4.79 Å². The van der Waals surface area contributed by atoms with Crippen molar-refractivity contribution in [2.45, 2.75) is 61.4 Å². The monoisotopic (exact) mass is 614 g/mol. The number of ether oxygens (including phenoxy) is 3. The number of hydrogen-bond acceptors (Lipinski definition) is 9. The zero-order chi connectivity index (χ0) is 30.0. The molecule has 13 nitrogen and oxygen atoms in total. The Morgan fingerprint density at radius 3 is 2.67 bits per heavy atom. The molecule has 2 fully saturated rings. The van der Waals surface area contributed by atoms with Gasteiger partial charge in [0.1, 0.15) is 12.4 Å². The Kier molecular flexibility index (Phi) is 11.1. The lowest BCUT2D eigenvalue weighted by atomic mass is 10.0. The number of amides is 3. The highest BCUT2D eigenvalue weighted by Crippen LogP contribution is 2.53. The molecule has 0 aliphatic carbocycles. The van der Waals surface area contributed by atoms with Crippen LogP contribution in [-0.4, -0.2) is 80.8 Å². The molecule has 3 aliphatic heterocycles. The number of benzene rings is 1. The van der Waals surface area contributed by atoms with E-state index in [0.29, 0.717) is 30.4 Å². The molecule has 0 spiro atoms. The SMILES string of the molecule is [N-]=[N+]=NCc1ccc(C2(C(F)(F)F)N=N2)cc1OCCOCCOCCNC(=O)CCCC[C@@H]1SC[C@@H]2NC(=O)N[C@@H]21. The Morgan fingerprint density at radius 1 is 1.17 bits per heavy atom. The number of alkyl halides is 3. The van der Waals surface area contributed by atoms with Crippen molar-refractivity contribution in [2.24, 2.45) is 15.3 Å². The van der Waals surface area contributed by atoms with Crippen LogP contribution in [0, 0.1) is 0 Å². The summed E-state index contributed by atoms with van der Waals surface area (Å²) in [6.07, 6.45) is -1.57. The number of rotatable bonds is 18. The zero-order valence-electron chi connectivity index (χ0n) is 22.8. The summed E-state index contributed by atoms with van der Waals surface area (Å²) in [5.41, 5.74) is 6.23. The van der Waals surface area contributed by atoms with E-state index in [1.54, 1.807) is 0 Å². The molecule has 17 heteroatoms. The minimum atomic E-state index is -4.67. The van der Waals surface area contributed by atoms with E-state index in [4.69, 9.17) is 19.7 Å². The molecule has 0 unspecified atom stereocenters. The Bertz CT molecular complexity index is 1180. The smallest absolute Gasteiger partial charge is 0.442 e. The van der Waals surface area contributed by atoms with E-state index in [1.807, 2.05) is 11.8 Å². The molecule has 3 atom stereocenters. The fourth-order valence-electron chi connectivity index (χ4n) is 4.74. The summed E-state index contributed by atoms with van der Waals surface area (Å²) in [5, 5.41) is 18.9. The van der Waals surface area contributed by atoms with Crippen LogP contribution >= 0.6 is 11.8 Å². The third-order valence-corrected chi connectivity index (χ3v) is 8.48. The number of thioether (sulfide) groups is 1. The van der Waals surface area contributed by atoms with Crippen LogP contribution in [0.4, 0.5) is 18.0 Å². The third kappa shape index (κ3) is 8.40. The molecule has 3 amide bonds. The highest BCUT2D eigenvalue weighted by atomic mass is 32.2. The molecular weight excluding hydrogens is 581 g/mol. The van der Waals surface area contributed by atoms with Crippen molar-refractivity contribution >= 4 is 23.7 Å². The summed E-state index contributed by atoms with van der Waals surface area (Å²) in [4.78, 5) is 26.1. The van der Waals surface area contributed by atoms with Crippen molar-refractivity contribution in [1.29, 1.82) is 0 Å². The van der Waals surface area contributed by atoms with Crippen molar-refractivity contribution in [3.63, 3.8) is 0 Å². The minimum absolute atomic E-state index is 0.0335. The summed E-state index contributed by atoms with van der Waals surface area (Å²) in [7, 11) is 0. The average Bonchev–Trinajstić information content (AvgIpc) is 3.60. The normalized spacial score (nSPS) is 21.7. The number of urea groups is 1. The lowest BCUT2D eigenvalue weighted by Gasteiger charge is -2.17. The number of nitrogens with one attached hydrogen (secondary N) is 3. The number of halogens is 3. The fraction of sp³-hybridized carbons (Fsp3) is 0.680. The predicted octanol–water partition coefficient (Wildman–Crippen LogP) is 3.93. The maximum Gasteiger partial charge on any atom is 0.442 e. The molecule has 0 bridgehead atoms. The predicted molar refractivity (Wildman–Crippen MR) is 146 cm³/mol. The summed E-state index contributed by atoms with van der Waals surface area (Å²) >= 11 is 1.86. The van der Waals surface area contributed by atoms with Crippen molar-refractivity contribution in [3.05, 3.63) is 39.8 Å². The number of fused-ring (bicyclic) bond motifs is 1. The first kappa shape index (κ1) is 31.7. The van der Waals surface area contributed by atoms with Crippen molar-refractivity contribution in [2.75, 3.05) is 45.3 Å². The van der Waals surface area contributed by atoms with Crippen molar-refractivity contribution < 1.29 is 37.0 Å². The lowest BCUT2D eigenvalue weighted by molar-refractivity contribution is -0.166. The second-order valence-electron chi connectivity index (χ2n) is 9.87. The van der Waals surface area contributed by atoms with E-state index >= 15 is 0 Å². The molecule has 3 heterocycles. The van der Waals surface area contributed by atoms with E-state index < -0.39 is 11.8 Å². The first-order valence-corrected chi connectivity index (χ1v) is 14.7. The van der Waals surface area contributed by atoms with Crippen LogP contribution in [0.3, 0.4) is 0 Å². The van der Waals surface area contributed by atoms with Crippen molar-refractivity contribution in [1.82, 2.24) is 16.0 Å². The van der Waals surface area contributed by atoms with Gasteiger partial charge in [0.25, 0.3) is 0 Å². The summed E-state index contributed by atoms with van der Waals surface area (Å²) in [6, 6.07) is 4.12. The highest BCUT2D eigenvalue weighted by molar-refractivity contribution is 8.00. The summed E-state index contributed by atoms with van der Waals surface area (Å²) in [5.74, 6) is 1.02. The van der Waals surface area contributed by atoms with Gasteiger partial charge in [-0.25, -0.2) is 4.79 Å². The Morgan fingerprint density at radius 2 is 1.93 bits per heavy atom. The number of nitrogens with zero attached hydrogens (tertiary/aromatic N) is 5. The van der Waals surface area contributed by atoms with Gasteiger partial charge in [0.05, 0.1) is 45.1 Å². The third-order valence-electron chi connectivity index (χ3n) is 6.98. The van der Waals surface area contributed by atoms with Gasteiger partial charge >= 0.3 is 17.9 Å². The molecule has 1 aromatic carbocycles. The second-order valence-corrected chi connectivity index (χ2v) is 11.1. The van der Waals surface area contributed by atoms with Crippen LogP contribution in [0.2, 0.25) is 0 Å². The Labute approximate surface area is 244 Å². The fourth-order valence-corrected chi connectivity index (χ4v) is 6.29. The van der Waals surface area contributed by atoms with Gasteiger partial charge in [0.2, 0.25) is 5.91 Å². The molecule has 1 aromatic rings. The quantitative estimate of drug-likeness (QED) is 0.0743. The molecule has 230 valence electrons. The topological polar surface area (TPSA) is 171 Å². The van der Waals surface area contributed by atoms with Gasteiger partial charge in [-0.1, -0.05) is 23.7 Å². The summed E-state index contributed by atoms with van der Waals surface area (Å²) in [6.45, 7) is 1.35. The van der Waals surface area contributed by atoms with Gasteiger partial charge in [-0.2, -0.15) is 24.9 Å². The van der Waals surface area contributed by atoms with Crippen LogP contribution in [0.25, 0.3) is 10.4 Å². The van der Waals surface area contributed by atoms with Crippen molar-refractivity contribution in [3.8, 4) is 5.75 Å². The van der Waals surface area contributed by atoms with E-state index in [-0.39, 0.29) is 68.3 Å². The molecule has 42 heavy (non-hydrogen) atoms. The van der Waals surface area contributed by atoms with Gasteiger partial charge in [0, 0.05) is 34.4 Å². The highest BCUT2D eigenvalue weighted by Gasteiger charge is 2.65. The molecule has 0 saturated carbocycles. The van der Waals surface area contributed by atoms with Gasteiger partial charge in [-0.15, -0.1) is 10.2 Å². The van der Waals surface area contributed by atoms with E-state index in [2.05, 4.69) is 36.2 Å². The number of azide groups is 1. The van der Waals surface area contributed by atoms with Crippen LogP contribution < -0.4 is 20.7 Å². The van der Waals surface area contributed by atoms with E-state index in [0.717, 1.165) is 25.0 Å². The Hall–Kier alpha value is -3.27. The molecule has 0 radical (unpaired) electrons. The molecular formula is C25H33F3N8O5S. The zero-order valence-corrected chi connectivity index (χ0v) is 23.6. The molecule has 4 rings (SSSR count). The molecule has 3 aliphatic rings. The van der Waals surface area contributed by atoms with Crippen LogP contribution in [-0.2, 0) is 26.5 Å². The van der Waals surface area contributed by atoms with Crippen LogP contribution in [0.15, 0.2) is 33.5 Å². The van der Waals surface area contributed by atoms with Gasteiger partial charge in [0.15, 0.2) is 0 Å². The molecule has 3 N–H and O–H groups in total. The number of carbonyl (C=O) groups is 2. The van der Waals surface area contributed by atoms with Gasteiger partial charge < -0.3 is 30.2 Å². The number of hydrogen-bond donors (Lipinski definition) is 3. The largest absolute Gasteiger partial charge is 0.491 e. The maximum absolute atomic E-state index is 13.4. The summed E-state index contributed by atoms with van der Waals surface area (Å²) < 4.78 is 56.6. The molecule has 0 aromatic heterocycles. The second kappa shape index (κ2) is 14.8.